The molecule has 4 fully saturated rings. The van der Waals surface area contributed by atoms with E-state index in [2.05, 4.69) is 21.8 Å². The summed E-state index contributed by atoms with van der Waals surface area (Å²) in [6.45, 7) is 0.982. The van der Waals surface area contributed by atoms with E-state index in [9.17, 15) is 4.79 Å². The smallest absolute Gasteiger partial charge is 0.265 e. The number of nitrogens with one attached hydrogen (secondary N) is 1. The molecule has 160 valence electrons. The number of benzene rings is 1. The Morgan fingerprint density at radius 2 is 1.81 bits per heavy atom. The van der Waals surface area contributed by atoms with Crippen molar-refractivity contribution in [2.45, 2.75) is 45.1 Å². The number of carbonyl (C=O) groups is 1. The number of nitrogens with two attached hydrogens (primary N) is 1. The Kier molecular flexibility index (Phi) is 4.42. The SMILES string of the molecule is Nc1ccccc1NC(=O)c1ccc(-c2cn(CC34CC5CC(CC(C5)C3)C4)nn2)s1. The number of rotatable bonds is 5. The lowest BCUT2D eigenvalue weighted by atomic mass is 9.49. The number of nitrogens with zero attached hydrogens (tertiary/aromatic N) is 3. The molecule has 4 aliphatic rings. The molecular formula is C24H27N5OS. The fourth-order valence-corrected chi connectivity index (χ4v) is 7.56. The first kappa shape index (κ1) is 19.0. The van der Waals surface area contributed by atoms with E-state index in [4.69, 9.17) is 5.73 Å². The molecule has 7 heteroatoms. The monoisotopic (exact) mass is 433 g/mol. The van der Waals surface area contributed by atoms with Crippen LogP contribution in [0.5, 0.6) is 0 Å². The molecule has 0 atom stereocenters. The first-order valence-electron chi connectivity index (χ1n) is 11.2. The summed E-state index contributed by atoms with van der Waals surface area (Å²) in [6.07, 6.45) is 10.5. The molecule has 4 aliphatic carbocycles. The van der Waals surface area contributed by atoms with Gasteiger partial charge in [0.15, 0.2) is 0 Å². The first-order valence-corrected chi connectivity index (χ1v) is 12.0. The standard InChI is InChI=1S/C24H27N5OS/c25-18-3-1-2-4-19(18)26-23(30)22-6-5-21(31-22)20-13-29(28-27-20)14-24-10-15-7-16(11-24)9-17(8-15)12-24/h1-6,13,15-17H,7-12,14,25H2,(H,26,30). The Bertz CT molecular complexity index is 1100. The van der Waals surface area contributed by atoms with Gasteiger partial charge in [0.2, 0.25) is 0 Å². The second kappa shape index (κ2) is 7.19. The molecule has 31 heavy (non-hydrogen) atoms. The van der Waals surface area contributed by atoms with Crippen LogP contribution in [0.25, 0.3) is 10.6 Å². The first-order chi connectivity index (χ1) is 15.1. The lowest BCUT2D eigenvalue weighted by Gasteiger charge is -2.56. The number of nitrogen functional groups attached to an aromatic ring is 1. The number of carbonyl (C=O) groups excluding carboxylic acids is 1. The fourth-order valence-electron chi connectivity index (χ4n) is 6.71. The third-order valence-electron chi connectivity index (χ3n) is 7.49. The summed E-state index contributed by atoms with van der Waals surface area (Å²) >= 11 is 1.43. The average molecular weight is 434 g/mol. The fraction of sp³-hybridized carbons (Fsp3) is 0.458. The van der Waals surface area contributed by atoms with Gasteiger partial charge in [0, 0.05) is 6.54 Å². The Morgan fingerprint density at radius 1 is 1.10 bits per heavy atom. The van der Waals surface area contributed by atoms with Gasteiger partial charge in [-0.25, -0.2) is 0 Å². The van der Waals surface area contributed by atoms with Crippen LogP contribution < -0.4 is 11.1 Å². The zero-order valence-corrected chi connectivity index (χ0v) is 18.3. The van der Waals surface area contributed by atoms with Crippen LogP contribution in [0.2, 0.25) is 0 Å². The maximum atomic E-state index is 12.6. The zero-order valence-electron chi connectivity index (χ0n) is 17.5. The topological polar surface area (TPSA) is 85.8 Å². The summed E-state index contributed by atoms with van der Waals surface area (Å²) in [7, 11) is 0. The van der Waals surface area contributed by atoms with Crippen molar-refractivity contribution in [1.29, 1.82) is 0 Å². The summed E-state index contributed by atoms with van der Waals surface area (Å²) in [6, 6.07) is 11.1. The summed E-state index contributed by atoms with van der Waals surface area (Å²) in [5.74, 6) is 2.65. The van der Waals surface area contributed by atoms with Gasteiger partial charge in [-0.1, -0.05) is 17.3 Å². The van der Waals surface area contributed by atoms with Gasteiger partial charge in [0.25, 0.3) is 5.91 Å². The second-order valence-electron chi connectivity index (χ2n) is 9.92. The van der Waals surface area contributed by atoms with E-state index in [0.717, 1.165) is 34.9 Å². The lowest BCUT2D eigenvalue weighted by molar-refractivity contribution is -0.0637. The van der Waals surface area contributed by atoms with E-state index in [-0.39, 0.29) is 5.91 Å². The third kappa shape index (κ3) is 3.55. The highest BCUT2D eigenvalue weighted by Gasteiger charge is 2.51. The maximum Gasteiger partial charge on any atom is 0.265 e. The van der Waals surface area contributed by atoms with Crippen LogP contribution in [0.1, 0.15) is 48.2 Å². The van der Waals surface area contributed by atoms with E-state index in [0.29, 0.717) is 21.7 Å². The summed E-state index contributed by atoms with van der Waals surface area (Å²) in [5, 5.41) is 11.8. The van der Waals surface area contributed by atoms with Crippen LogP contribution in [0, 0.1) is 23.2 Å². The van der Waals surface area contributed by atoms with Crippen molar-refractivity contribution in [3.63, 3.8) is 0 Å². The van der Waals surface area contributed by atoms with Crippen molar-refractivity contribution in [2.75, 3.05) is 11.1 Å². The van der Waals surface area contributed by atoms with Crippen LogP contribution in [-0.4, -0.2) is 20.9 Å². The van der Waals surface area contributed by atoms with Crippen LogP contribution in [0.3, 0.4) is 0 Å². The van der Waals surface area contributed by atoms with Gasteiger partial charge in [-0.15, -0.1) is 16.4 Å². The molecule has 0 aliphatic heterocycles. The van der Waals surface area contributed by atoms with Crippen LogP contribution >= 0.6 is 11.3 Å². The molecule has 0 unspecified atom stereocenters. The quantitative estimate of drug-likeness (QED) is 0.551. The molecule has 1 amide bonds. The van der Waals surface area contributed by atoms with Crippen LogP contribution in [-0.2, 0) is 6.54 Å². The minimum absolute atomic E-state index is 0.157. The van der Waals surface area contributed by atoms with E-state index in [1.165, 1.54) is 49.9 Å². The molecule has 0 spiro atoms. The largest absolute Gasteiger partial charge is 0.397 e. The van der Waals surface area contributed by atoms with Gasteiger partial charge >= 0.3 is 0 Å². The molecule has 0 radical (unpaired) electrons. The number of para-hydroxylation sites is 2. The highest BCUT2D eigenvalue weighted by molar-refractivity contribution is 7.17. The number of aromatic nitrogens is 3. The van der Waals surface area contributed by atoms with Gasteiger partial charge in [-0.2, -0.15) is 0 Å². The van der Waals surface area contributed by atoms with Crippen molar-refractivity contribution >= 4 is 28.6 Å². The van der Waals surface area contributed by atoms with E-state index < -0.39 is 0 Å². The second-order valence-corrected chi connectivity index (χ2v) is 11.0. The van der Waals surface area contributed by atoms with Crippen molar-refractivity contribution < 1.29 is 4.79 Å². The molecule has 2 aromatic heterocycles. The molecule has 3 aromatic rings. The molecule has 4 bridgehead atoms. The van der Waals surface area contributed by atoms with Crippen molar-refractivity contribution in [3.05, 3.63) is 47.5 Å². The molecule has 7 rings (SSSR count). The van der Waals surface area contributed by atoms with Crippen molar-refractivity contribution in [2.24, 2.45) is 23.2 Å². The minimum Gasteiger partial charge on any atom is -0.397 e. The average Bonchev–Trinajstić information content (AvgIpc) is 3.38. The number of thiophene rings is 1. The Balaban J connectivity index is 1.16. The zero-order chi connectivity index (χ0) is 21.0. The Morgan fingerprint density at radius 3 is 2.52 bits per heavy atom. The molecule has 1 aromatic carbocycles. The van der Waals surface area contributed by atoms with E-state index in [1.54, 1.807) is 12.1 Å². The normalized spacial score (nSPS) is 28.7. The van der Waals surface area contributed by atoms with Gasteiger partial charge < -0.3 is 11.1 Å². The predicted molar refractivity (Wildman–Crippen MR) is 123 cm³/mol. The molecular weight excluding hydrogens is 406 g/mol. The number of hydrogen-bond donors (Lipinski definition) is 2. The summed E-state index contributed by atoms with van der Waals surface area (Å²) < 4.78 is 2.05. The van der Waals surface area contributed by atoms with Crippen LogP contribution in [0.4, 0.5) is 11.4 Å². The highest BCUT2D eigenvalue weighted by atomic mass is 32.1. The molecule has 4 saturated carbocycles. The number of anilines is 2. The molecule has 0 saturated heterocycles. The predicted octanol–water partition coefficient (Wildman–Crippen LogP) is 5.06. The van der Waals surface area contributed by atoms with Gasteiger partial charge in [0.05, 0.1) is 27.3 Å². The molecule has 6 nitrogen and oxygen atoms in total. The minimum atomic E-state index is -0.157. The lowest BCUT2D eigenvalue weighted by Crippen LogP contribution is -2.48. The summed E-state index contributed by atoms with van der Waals surface area (Å²) in [4.78, 5) is 14.2. The number of hydrogen-bond acceptors (Lipinski definition) is 5. The van der Waals surface area contributed by atoms with Crippen LogP contribution in [0.15, 0.2) is 42.6 Å². The van der Waals surface area contributed by atoms with Gasteiger partial charge in [-0.05, 0) is 86.0 Å². The van der Waals surface area contributed by atoms with Crippen molar-refractivity contribution in [3.8, 4) is 10.6 Å². The van der Waals surface area contributed by atoms with Crippen molar-refractivity contribution in [1.82, 2.24) is 15.0 Å². The Hall–Kier alpha value is -2.67. The third-order valence-corrected chi connectivity index (χ3v) is 8.60. The van der Waals surface area contributed by atoms with Gasteiger partial charge in [-0.3, -0.25) is 9.48 Å². The molecule has 3 N–H and O–H groups in total. The number of amides is 1. The van der Waals surface area contributed by atoms with Gasteiger partial charge in [0.1, 0.15) is 5.69 Å². The van der Waals surface area contributed by atoms with E-state index >= 15 is 0 Å². The Labute approximate surface area is 185 Å². The van der Waals surface area contributed by atoms with E-state index in [1.807, 2.05) is 28.9 Å². The highest BCUT2D eigenvalue weighted by Crippen LogP contribution is 2.60. The molecule has 2 heterocycles. The summed E-state index contributed by atoms with van der Waals surface area (Å²) in [5.41, 5.74) is 8.39. The maximum absolute atomic E-state index is 12.6.